The van der Waals surface area contributed by atoms with E-state index in [4.69, 9.17) is 0 Å². The minimum atomic E-state index is 0.701. The van der Waals surface area contributed by atoms with Crippen molar-refractivity contribution in [3.05, 3.63) is 24.0 Å². The minimum Gasteiger partial charge on any atom is -0.294 e. The molecule has 0 saturated heterocycles. The van der Waals surface area contributed by atoms with E-state index in [0.29, 0.717) is 5.92 Å². The SMILES string of the molecule is CCCC(C)c1cccn1I. The average molecular weight is 263 g/mol. The van der Waals surface area contributed by atoms with Crippen LogP contribution in [0.2, 0.25) is 0 Å². The highest BCUT2D eigenvalue weighted by atomic mass is 127. The fourth-order valence-electron chi connectivity index (χ4n) is 1.33. The quantitative estimate of drug-likeness (QED) is 0.734. The first-order valence-corrected chi connectivity index (χ1v) is 5.05. The van der Waals surface area contributed by atoms with Crippen LogP contribution in [0.4, 0.5) is 0 Å². The third-order valence-corrected chi connectivity index (χ3v) is 2.84. The fourth-order valence-corrected chi connectivity index (χ4v) is 2.15. The summed E-state index contributed by atoms with van der Waals surface area (Å²) in [7, 11) is 0. The predicted molar refractivity (Wildman–Crippen MR) is 57.2 cm³/mol. The first-order chi connectivity index (χ1) is 5.25. The molecule has 2 heteroatoms. The largest absolute Gasteiger partial charge is 0.294 e. The van der Waals surface area contributed by atoms with E-state index >= 15 is 0 Å². The topological polar surface area (TPSA) is 4.93 Å². The molecule has 0 aliphatic heterocycles. The molecule has 1 aromatic rings. The molecule has 0 saturated carbocycles. The standard InChI is InChI=1S/C9H14IN/c1-3-5-8(2)9-6-4-7-11(9)10/h4,6-8H,3,5H2,1-2H3. The Balaban J connectivity index is 2.67. The molecule has 0 aliphatic rings. The third kappa shape index (κ3) is 2.22. The Morgan fingerprint density at radius 2 is 2.36 bits per heavy atom. The van der Waals surface area contributed by atoms with Crippen molar-refractivity contribution in [2.45, 2.75) is 32.6 Å². The van der Waals surface area contributed by atoms with E-state index in [1.165, 1.54) is 18.5 Å². The van der Waals surface area contributed by atoms with Crippen molar-refractivity contribution in [3.8, 4) is 0 Å². The summed E-state index contributed by atoms with van der Waals surface area (Å²) in [5, 5.41) is 0. The van der Waals surface area contributed by atoms with Crippen LogP contribution >= 0.6 is 22.9 Å². The Bertz CT molecular complexity index is 217. The molecule has 11 heavy (non-hydrogen) atoms. The van der Waals surface area contributed by atoms with Crippen molar-refractivity contribution in [2.24, 2.45) is 0 Å². The summed E-state index contributed by atoms with van der Waals surface area (Å²) in [6, 6.07) is 4.31. The maximum absolute atomic E-state index is 2.33. The summed E-state index contributed by atoms with van der Waals surface area (Å²) < 4.78 is 2.18. The van der Waals surface area contributed by atoms with Crippen LogP contribution in [0.5, 0.6) is 0 Å². The number of nitrogens with zero attached hydrogens (tertiary/aromatic N) is 1. The molecule has 1 rings (SSSR count). The van der Waals surface area contributed by atoms with Crippen LogP contribution < -0.4 is 0 Å². The molecule has 1 atom stereocenters. The molecule has 0 amide bonds. The Morgan fingerprint density at radius 3 is 2.82 bits per heavy atom. The van der Waals surface area contributed by atoms with E-state index < -0.39 is 0 Å². The van der Waals surface area contributed by atoms with Gasteiger partial charge in [-0.3, -0.25) is 2.78 Å². The molecule has 1 unspecified atom stereocenters. The van der Waals surface area contributed by atoms with Gasteiger partial charge in [0.05, 0.1) is 22.9 Å². The second-order valence-corrected chi connectivity index (χ2v) is 3.97. The molecular formula is C9H14IN. The van der Waals surface area contributed by atoms with Gasteiger partial charge < -0.3 is 0 Å². The van der Waals surface area contributed by atoms with Gasteiger partial charge in [0.2, 0.25) is 0 Å². The monoisotopic (exact) mass is 263 g/mol. The second-order valence-electron chi connectivity index (χ2n) is 2.93. The summed E-state index contributed by atoms with van der Waals surface area (Å²) in [5.41, 5.74) is 1.44. The zero-order chi connectivity index (χ0) is 8.27. The average Bonchev–Trinajstić information content (AvgIpc) is 2.36. The highest BCUT2D eigenvalue weighted by Gasteiger charge is 2.06. The van der Waals surface area contributed by atoms with Crippen molar-refractivity contribution in [3.63, 3.8) is 0 Å². The minimum absolute atomic E-state index is 0.701. The Kier molecular flexibility index (Phi) is 3.43. The summed E-state index contributed by atoms with van der Waals surface area (Å²) in [4.78, 5) is 0. The number of hydrogen-bond donors (Lipinski definition) is 0. The molecule has 0 bridgehead atoms. The Morgan fingerprint density at radius 1 is 1.64 bits per heavy atom. The lowest BCUT2D eigenvalue weighted by Crippen LogP contribution is -1.95. The number of halogens is 1. The van der Waals surface area contributed by atoms with E-state index in [9.17, 15) is 0 Å². The van der Waals surface area contributed by atoms with Crippen molar-refractivity contribution in [1.82, 2.24) is 2.78 Å². The molecule has 62 valence electrons. The maximum atomic E-state index is 2.33. The van der Waals surface area contributed by atoms with Crippen LogP contribution in [0.25, 0.3) is 0 Å². The van der Waals surface area contributed by atoms with Crippen LogP contribution in [0.15, 0.2) is 18.3 Å². The molecule has 0 aromatic carbocycles. The molecule has 0 fully saturated rings. The van der Waals surface area contributed by atoms with Gasteiger partial charge in [0.25, 0.3) is 0 Å². The first kappa shape index (κ1) is 9.10. The van der Waals surface area contributed by atoms with Crippen molar-refractivity contribution < 1.29 is 0 Å². The van der Waals surface area contributed by atoms with E-state index in [1.54, 1.807) is 0 Å². The van der Waals surface area contributed by atoms with E-state index in [-0.39, 0.29) is 0 Å². The molecular weight excluding hydrogens is 249 g/mol. The van der Waals surface area contributed by atoms with Gasteiger partial charge >= 0.3 is 0 Å². The zero-order valence-corrected chi connectivity index (χ0v) is 9.21. The number of aromatic nitrogens is 1. The van der Waals surface area contributed by atoms with Crippen LogP contribution in [-0.4, -0.2) is 2.78 Å². The molecule has 0 N–H and O–H groups in total. The highest BCUT2D eigenvalue weighted by molar-refractivity contribution is 14.1. The lowest BCUT2D eigenvalue weighted by atomic mass is 10.0. The van der Waals surface area contributed by atoms with E-state index in [2.05, 4.69) is 57.8 Å². The summed E-state index contributed by atoms with van der Waals surface area (Å²) in [6.07, 6.45) is 4.65. The van der Waals surface area contributed by atoms with E-state index in [0.717, 1.165) is 0 Å². The second kappa shape index (κ2) is 4.14. The lowest BCUT2D eigenvalue weighted by molar-refractivity contribution is 0.649. The van der Waals surface area contributed by atoms with Crippen LogP contribution in [0.1, 0.15) is 38.3 Å². The summed E-state index contributed by atoms with van der Waals surface area (Å²) >= 11 is 2.33. The van der Waals surface area contributed by atoms with Crippen LogP contribution in [0.3, 0.4) is 0 Å². The highest BCUT2D eigenvalue weighted by Crippen LogP contribution is 2.22. The Labute approximate surface area is 82.3 Å². The van der Waals surface area contributed by atoms with Gasteiger partial charge in [-0.05, 0) is 24.5 Å². The normalized spacial score (nSPS) is 13.4. The van der Waals surface area contributed by atoms with Gasteiger partial charge in [0.1, 0.15) is 0 Å². The van der Waals surface area contributed by atoms with Gasteiger partial charge in [-0.2, -0.15) is 0 Å². The Hall–Kier alpha value is 0.0100. The predicted octanol–water partition coefficient (Wildman–Crippen LogP) is 3.59. The third-order valence-electron chi connectivity index (χ3n) is 1.96. The number of hydrogen-bond acceptors (Lipinski definition) is 0. The van der Waals surface area contributed by atoms with E-state index in [1.807, 2.05) is 0 Å². The van der Waals surface area contributed by atoms with Gasteiger partial charge in [0, 0.05) is 11.9 Å². The summed E-state index contributed by atoms with van der Waals surface area (Å²) in [6.45, 7) is 4.52. The van der Waals surface area contributed by atoms with Crippen molar-refractivity contribution >= 4 is 22.9 Å². The van der Waals surface area contributed by atoms with Crippen LogP contribution in [-0.2, 0) is 0 Å². The van der Waals surface area contributed by atoms with Gasteiger partial charge in [-0.25, -0.2) is 0 Å². The van der Waals surface area contributed by atoms with Crippen LogP contribution in [0, 0.1) is 0 Å². The molecule has 0 spiro atoms. The van der Waals surface area contributed by atoms with Gasteiger partial charge in [-0.1, -0.05) is 20.3 Å². The van der Waals surface area contributed by atoms with Crippen molar-refractivity contribution in [1.29, 1.82) is 0 Å². The first-order valence-electron chi connectivity index (χ1n) is 4.09. The number of rotatable bonds is 3. The molecule has 0 radical (unpaired) electrons. The van der Waals surface area contributed by atoms with Gasteiger partial charge in [-0.15, -0.1) is 0 Å². The molecule has 1 nitrogen and oxygen atoms in total. The zero-order valence-electron chi connectivity index (χ0n) is 7.05. The molecule has 0 aliphatic carbocycles. The maximum Gasteiger partial charge on any atom is 0.0637 e. The van der Waals surface area contributed by atoms with Gasteiger partial charge in [0.15, 0.2) is 0 Å². The fraction of sp³-hybridized carbons (Fsp3) is 0.556. The van der Waals surface area contributed by atoms with Crippen molar-refractivity contribution in [2.75, 3.05) is 0 Å². The lowest BCUT2D eigenvalue weighted by Gasteiger charge is -2.09. The molecule has 1 aromatic heterocycles. The molecule has 1 heterocycles. The summed E-state index contributed by atoms with van der Waals surface area (Å²) in [5.74, 6) is 0.701. The smallest absolute Gasteiger partial charge is 0.0637 e.